The van der Waals surface area contributed by atoms with E-state index in [0.29, 0.717) is 0 Å². The second kappa shape index (κ2) is 2.77. The van der Waals surface area contributed by atoms with Gasteiger partial charge in [0.25, 0.3) is 0 Å². The predicted octanol–water partition coefficient (Wildman–Crippen LogP) is 1.38. The van der Waals surface area contributed by atoms with Crippen molar-refractivity contribution in [3.63, 3.8) is 0 Å². The van der Waals surface area contributed by atoms with Crippen molar-refractivity contribution in [3.05, 3.63) is 42.5 Å². The topological polar surface area (TPSA) is 30.7 Å². The summed E-state index contributed by atoms with van der Waals surface area (Å²) in [4.78, 5) is 3.88. The van der Waals surface area contributed by atoms with Crippen molar-refractivity contribution >= 4 is 0 Å². The maximum atomic E-state index is 4.03. The quantitative estimate of drug-likeness (QED) is 0.627. The van der Waals surface area contributed by atoms with Gasteiger partial charge in [0.2, 0.25) is 0 Å². The van der Waals surface area contributed by atoms with Gasteiger partial charge in [0.05, 0.1) is 5.69 Å². The molecule has 0 aliphatic heterocycles. The molecule has 1 heterocycles. The molecular formula is C9H8N3. The summed E-state index contributed by atoms with van der Waals surface area (Å²) in [5, 5.41) is 4.03. The third-order valence-corrected chi connectivity index (χ3v) is 1.70. The SMILES string of the molecule is Cc1[c]cccc1-n1cncn1. The zero-order chi connectivity index (χ0) is 8.39. The van der Waals surface area contributed by atoms with Crippen LogP contribution in [0.5, 0.6) is 0 Å². The highest BCUT2D eigenvalue weighted by Crippen LogP contribution is 2.09. The van der Waals surface area contributed by atoms with Crippen molar-refractivity contribution in [3.8, 4) is 5.69 Å². The van der Waals surface area contributed by atoms with E-state index in [0.717, 1.165) is 11.3 Å². The number of aromatic nitrogens is 3. The van der Waals surface area contributed by atoms with Crippen LogP contribution in [0.1, 0.15) is 5.56 Å². The summed E-state index contributed by atoms with van der Waals surface area (Å²) in [6.07, 6.45) is 3.20. The molecule has 3 nitrogen and oxygen atoms in total. The minimum absolute atomic E-state index is 1.02. The number of nitrogens with zero attached hydrogens (tertiary/aromatic N) is 3. The Kier molecular flexibility index (Phi) is 1.63. The van der Waals surface area contributed by atoms with Crippen molar-refractivity contribution in [2.45, 2.75) is 6.92 Å². The number of rotatable bonds is 1. The molecule has 0 unspecified atom stereocenters. The molecule has 0 atom stereocenters. The van der Waals surface area contributed by atoms with Crippen LogP contribution in [0.15, 0.2) is 30.9 Å². The zero-order valence-corrected chi connectivity index (χ0v) is 6.73. The van der Waals surface area contributed by atoms with Crippen LogP contribution in [0.4, 0.5) is 0 Å². The van der Waals surface area contributed by atoms with E-state index in [2.05, 4.69) is 16.1 Å². The van der Waals surface area contributed by atoms with E-state index >= 15 is 0 Å². The van der Waals surface area contributed by atoms with Crippen LogP contribution >= 0.6 is 0 Å². The Hall–Kier alpha value is -1.64. The normalized spacial score (nSPS) is 10.1. The summed E-state index contributed by atoms with van der Waals surface area (Å²) >= 11 is 0. The molecule has 0 aliphatic carbocycles. The minimum atomic E-state index is 1.02. The van der Waals surface area contributed by atoms with E-state index < -0.39 is 0 Å². The van der Waals surface area contributed by atoms with Crippen LogP contribution in [0.25, 0.3) is 5.69 Å². The van der Waals surface area contributed by atoms with Gasteiger partial charge in [-0.1, -0.05) is 12.1 Å². The molecule has 12 heavy (non-hydrogen) atoms. The Morgan fingerprint density at radius 2 is 2.42 bits per heavy atom. The van der Waals surface area contributed by atoms with Crippen molar-refractivity contribution in [2.24, 2.45) is 0 Å². The summed E-state index contributed by atoms with van der Waals surface area (Å²) in [6, 6.07) is 8.91. The summed E-state index contributed by atoms with van der Waals surface area (Å²) in [5.74, 6) is 0. The molecule has 1 radical (unpaired) electrons. The zero-order valence-electron chi connectivity index (χ0n) is 6.73. The molecule has 1 aromatic heterocycles. The van der Waals surface area contributed by atoms with E-state index in [1.807, 2.05) is 25.1 Å². The first kappa shape index (κ1) is 7.03. The van der Waals surface area contributed by atoms with Gasteiger partial charge in [-0.25, -0.2) is 9.67 Å². The van der Waals surface area contributed by atoms with E-state index in [4.69, 9.17) is 0 Å². The second-order valence-electron chi connectivity index (χ2n) is 2.52. The van der Waals surface area contributed by atoms with Gasteiger partial charge in [0.15, 0.2) is 0 Å². The maximum Gasteiger partial charge on any atom is 0.138 e. The average Bonchev–Trinajstić information content (AvgIpc) is 2.57. The Morgan fingerprint density at radius 3 is 3.08 bits per heavy atom. The molecule has 0 N–H and O–H groups in total. The van der Waals surface area contributed by atoms with Gasteiger partial charge in [-0.2, -0.15) is 5.10 Å². The Morgan fingerprint density at radius 1 is 1.50 bits per heavy atom. The highest BCUT2D eigenvalue weighted by atomic mass is 15.3. The van der Waals surface area contributed by atoms with Crippen molar-refractivity contribution in [2.75, 3.05) is 0 Å². The number of benzene rings is 1. The molecule has 1 aromatic carbocycles. The fourth-order valence-corrected chi connectivity index (χ4v) is 1.09. The molecule has 2 aromatic rings. The van der Waals surface area contributed by atoms with Crippen LogP contribution < -0.4 is 0 Å². The van der Waals surface area contributed by atoms with Gasteiger partial charge in [0.1, 0.15) is 12.7 Å². The third-order valence-electron chi connectivity index (χ3n) is 1.70. The van der Waals surface area contributed by atoms with Gasteiger partial charge in [-0.3, -0.25) is 0 Å². The van der Waals surface area contributed by atoms with E-state index in [1.54, 1.807) is 11.0 Å². The molecule has 0 aliphatic rings. The average molecular weight is 158 g/mol. The molecule has 0 saturated heterocycles. The lowest BCUT2D eigenvalue weighted by atomic mass is 10.2. The third kappa shape index (κ3) is 1.09. The van der Waals surface area contributed by atoms with E-state index in [9.17, 15) is 0 Å². The molecule has 2 rings (SSSR count). The van der Waals surface area contributed by atoms with Crippen LogP contribution in [0, 0.1) is 13.0 Å². The van der Waals surface area contributed by atoms with Crippen molar-refractivity contribution in [1.82, 2.24) is 14.8 Å². The Bertz CT molecular complexity index is 365. The minimum Gasteiger partial charge on any atom is -0.223 e. The summed E-state index contributed by atoms with van der Waals surface area (Å²) in [5.41, 5.74) is 2.10. The second-order valence-corrected chi connectivity index (χ2v) is 2.52. The highest BCUT2D eigenvalue weighted by molar-refractivity contribution is 5.37. The summed E-state index contributed by atoms with van der Waals surface area (Å²) in [6.45, 7) is 2.00. The van der Waals surface area contributed by atoms with Crippen LogP contribution in [-0.2, 0) is 0 Å². The smallest absolute Gasteiger partial charge is 0.138 e. The van der Waals surface area contributed by atoms with E-state index in [1.165, 1.54) is 6.33 Å². The first-order chi connectivity index (χ1) is 5.88. The lowest BCUT2D eigenvalue weighted by Gasteiger charge is -2.02. The molecule has 0 amide bonds. The molecule has 0 fully saturated rings. The lowest BCUT2D eigenvalue weighted by molar-refractivity contribution is 0.871. The van der Waals surface area contributed by atoms with Gasteiger partial charge >= 0.3 is 0 Å². The summed E-state index contributed by atoms with van der Waals surface area (Å²) < 4.78 is 1.73. The Balaban J connectivity index is 2.55. The molecule has 0 saturated carbocycles. The highest BCUT2D eigenvalue weighted by Gasteiger charge is 1.98. The van der Waals surface area contributed by atoms with Crippen LogP contribution in [0.2, 0.25) is 0 Å². The molecule has 0 spiro atoms. The van der Waals surface area contributed by atoms with E-state index in [-0.39, 0.29) is 0 Å². The monoisotopic (exact) mass is 158 g/mol. The van der Waals surface area contributed by atoms with Crippen molar-refractivity contribution in [1.29, 1.82) is 0 Å². The number of aryl methyl sites for hydroxylation is 1. The fraction of sp³-hybridized carbons (Fsp3) is 0.111. The van der Waals surface area contributed by atoms with Gasteiger partial charge in [-0.15, -0.1) is 0 Å². The maximum absolute atomic E-state index is 4.03. The van der Waals surface area contributed by atoms with Crippen LogP contribution in [0.3, 0.4) is 0 Å². The first-order valence-electron chi connectivity index (χ1n) is 3.70. The lowest BCUT2D eigenvalue weighted by Crippen LogP contribution is -1.96. The molecule has 0 bridgehead atoms. The van der Waals surface area contributed by atoms with Crippen molar-refractivity contribution < 1.29 is 0 Å². The molecule has 59 valence electrons. The molecule has 3 heteroatoms. The number of hydrogen-bond acceptors (Lipinski definition) is 2. The van der Waals surface area contributed by atoms with Gasteiger partial charge in [0, 0.05) is 0 Å². The number of hydrogen-bond donors (Lipinski definition) is 0. The first-order valence-corrected chi connectivity index (χ1v) is 3.70. The van der Waals surface area contributed by atoms with Crippen LogP contribution in [-0.4, -0.2) is 14.8 Å². The largest absolute Gasteiger partial charge is 0.223 e. The predicted molar refractivity (Wildman–Crippen MR) is 44.9 cm³/mol. The standard InChI is InChI=1S/C9H8N3/c1-8-4-2-3-5-9(8)12-7-10-6-11-12/h2-3,5-7H,1H3. The van der Waals surface area contributed by atoms with Gasteiger partial charge in [-0.05, 0) is 24.6 Å². The van der Waals surface area contributed by atoms with Gasteiger partial charge < -0.3 is 0 Å². The fourth-order valence-electron chi connectivity index (χ4n) is 1.09. The Labute approximate surface area is 70.7 Å². The summed E-state index contributed by atoms with van der Waals surface area (Å²) in [7, 11) is 0. The molecular weight excluding hydrogens is 150 g/mol.